The Morgan fingerprint density at radius 2 is 0.520 bits per heavy atom. The molecule has 98 heavy (non-hydrogen) atoms. The molecule has 3 N–H and O–H groups in total. The highest BCUT2D eigenvalue weighted by molar-refractivity contribution is 7.47. The van der Waals surface area contributed by atoms with Gasteiger partial charge in [-0.25, -0.2) is 9.13 Å². The van der Waals surface area contributed by atoms with Gasteiger partial charge in [-0.15, -0.1) is 0 Å². The highest BCUT2D eigenvalue weighted by Crippen LogP contribution is 2.45. The Bertz CT molecular complexity index is 1890. The Balaban J connectivity index is 5.25. The van der Waals surface area contributed by atoms with Crippen molar-refractivity contribution < 1.29 is 80.2 Å². The van der Waals surface area contributed by atoms with E-state index in [-0.39, 0.29) is 25.7 Å². The molecule has 17 nitrogen and oxygen atoms in total. The molecule has 0 fully saturated rings. The summed E-state index contributed by atoms with van der Waals surface area (Å²) in [6.07, 6.45) is 59.5. The number of hydrogen-bond acceptors (Lipinski definition) is 15. The first-order valence-corrected chi connectivity index (χ1v) is 44.0. The lowest BCUT2D eigenvalue weighted by molar-refractivity contribution is -0.161. The summed E-state index contributed by atoms with van der Waals surface area (Å²) in [5, 5.41) is 10.6. The van der Waals surface area contributed by atoms with Gasteiger partial charge in [0.15, 0.2) is 12.2 Å². The Morgan fingerprint density at radius 1 is 0.296 bits per heavy atom. The zero-order chi connectivity index (χ0) is 72.1. The van der Waals surface area contributed by atoms with Gasteiger partial charge in [0, 0.05) is 25.7 Å². The summed E-state index contributed by atoms with van der Waals surface area (Å²) in [6.45, 7) is 9.66. The number of aliphatic hydroxyl groups excluding tert-OH is 1. The molecule has 0 heterocycles. The van der Waals surface area contributed by atoms with Crippen LogP contribution in [0.4, 0.5) is 0 Å². The van der Waals surface area contributed by atoms with E-state index in [0.717, 1.165) is 102 Å². The van der Waals surface area contributed by atoms with E-state index in [1.54, 1.807) is 0 Å². The van der Waals surface area contributed by atoms with Gasteiger partial charge in [0.25, 0.3) is 0 Å². The Labute approximate surface area is 600 Å². The third kappa shape index (κ3) is 71.1. The molecular formula is C79H154O17P2. The van der Waals surface area contributed by atoms with Crippen molar-refractivity contribution in [3.8, 4) is 0 Å². The van der Waals surface area contributed by atoms with E-state index in [2.05, 4.69) is 41.5 Å². The molecular weight excluding hydrogens is 1280 g/mol. The summed E-state index contributed by atoms with van der Waals surface area (Å²) in [5.41, 5.74) is 0. The van der Waals surface area contributed by atoms with E-state index < -0.39 is 97.5 Å². The van der Waals surface area contributed by atoms with E-state index >= 15 is 0 Å². The van der Waals surface area contributed by atoms with Crippen LogP contribution in [0.15, 0.2) is 0 Å². The fourth-order valence-electron chi connectivity index (χ4n) is 12.2. The molecule has 0 saturated carbocycles. The normalized spacial score (nSPS) is 14.2. The average Bonchev–Trinajstić information content (AvgIpc) is 0.987. The van der Waals surface area contributed by atoms with Crippen LogP contribution in [0.25, 0.3) is 0 Å². The van der Waals surface area contributed by atoms with Gasteiger partial charge in [-0.2, -0.15) is 0 Å². The first-order chi connectivity index (χ1) is 47.4. The minimum Gasteiger partial charge on any atom is -0.462 e. The first kappa shape index (κ1) is 96.1. The molecule has 0 spiro atoms. The number of hydrogen-bond donors (Lipinski definition) is 3. The average molecular weight is 1440 g/mol. The minimum absolute atomic E-state index is 0.107. The summed E-state index contributed by atoms with van der Waals surface area (Å²) < 4.78 is 68.7. The first-order valence-electron chi connectivity index (χ1n) is 41.0. The van der Waals surface area contributed by atoms with Gasteiger partial charge in [-0.1, -0.05) is 363 Å². The maximum Gasteiger partial charge on any atom is 0.472 e. The molecule has 0 aliphatic heterocycles. The number of esters is 4. The van der Waals surface area contributed by atoms with E-state index in [0.29, 0.717) is 25.7 Å². The number of carbonyl (C=O) groups excluding carboxylic acids is 4. The van der Waals surface area contributed by atoms with Crippen molar-refractivity contribution in [3.63, 3.8) is 0 Å². The molecule has 0 radical (unpaired) electrons. The van der Waals surface area contributed by atoms with Crippen LogP contribution >= 0.6 is 15.6 Å². The van der Waals surface area contributed by atoms with E-state index in [1.165, 1.54) is 231 Å². The maximum absolute atomic E-state index is 13.1. The lowest BCUT2D eigenvalue weighted by Crippen LogP contribution is -2.30. The van der Waals surface area contributed by atoms with Gasteiger partial charge in [-0.3, -0.25) is 37.3 Å². The number of rotatable bonds is 78. The smallest absolute Gasteiger partial charge is 0.462 e. The quantitative estimate of drug-likeness (QED) is 0.0222. The third-order valence-corrected chi connectivity index (χ3v) is 20.7. The molecule has 6 atom stereocenters. The van der Waals surface area contributed by atoms with E-state index in [4.69, 9.17) is 37.0 Å². The molecule has 0 amide bonds. The van der Waals surface area contributed by atoms with Crippen LogP contribution in [-0.2, 0) is 65.4 Å². The van der Waals surface area contributed by atoms with Crippen molar-refractivity contribution in [3.05, 3.63) is 0 Å². The topological polar surface area (TPSA) is 237 Å². The van der Waals surface area contributed by atoms with Crippen molar-refractivity contribution in [2.24, 2.45) is 11.8 Å². The second-order valence-corrected chi connectivity index (χ2v) is 32.1. The Hall–Kier alpha value is -1.94. The maximum atomic E-state index is 13.1. The second kappa shape index (κ2) is 70.7. The van der Waals surface area contributed by atoms with Crippen molar-refractivity contribution in [1.29, 1.82) is 0 Å². The standard InChI is InChI=1S/C79H154O17P2/c1-7-10-12-14-16-18-20-22-29-32-36-43-49-55-61-76(81)89-67-74(95-79(84)64-58-52-46-38-34-30-26-24-23-25-28-31-35-41-47-53-59-71(4)5)69-93-97(85,86)91-65-73(80)66-92-98(87,88)94-70-75(68-90-77(82)62-56-50-44-40-39-42-48-54-60-72(6)9-3)96-78(83)63-57-51-45-37-33-27-21-19-17-15-13-11-8-2/h71-75,80H,7-70H2,1-6H3,(H,85,86)(H,87,88)/t72?,73-,74-,75-/m1/s1. The lowest BCUT2D eigenvalue weighted by Gasteiger charge is -2.21. The molecule has 0 aliphatic carbocycles. The molecule has 0 aromatic rings. The minimum atomic E-state index is -4.96. The largest absolute Gasteiger partial charge is 0.472 e. The van der Waals surface area contributed by atoms with Crippen LogP contribution in [0.1, 0.15) is 414 Å². The summed E-state index contributed by atoms with van der Waals surface area (Å²) in [4.78, 5) is 73.0. The van der Waals surface area contributed by atoms with Crippen molar-refractivity contribution >= 4 is 39.5 Å². The summed E-state index contributed by atoms with van der Waals surface area (Å²) in [7, 11) is -9.92. The van der Waals surface area contributed by atoms with Crippen LogP contribution in [0.3, 0.4) is 0 Å². The van der Waals surface area contributed by atoms with Gasteiger partial charge in [0.1, 0.15) is 19.3 Å². The molecule has 19 heteroatoms. The highest BCUT2D eigenvalue weighted by Gasteiger charge is 2.30. The van der Waals surface area contributed by atoms with Crippen molar-refractivity contribution in [2.75, 3.05) is 39.6 Å². The van der Waals surface area contributed by atoms with Crippen LogP contribution in [0.2, 0.25) is 0 Å². The van der Waals surface area contributed by atoms with Crippen LogP contribution in [0.5, 0.6) is 0 Å². The number of phosphoric acid groups is 2. The lowest BCUT2D eigenvalue weighted by atomic mass is 9.99. The molecule has 0 aliphatic rings. The van der Waals surface area contributed by atoms with Crippen molar-refractivity contribution in [1.82, 2.24) is 0 Å². The molecule has 0 saturated heterocycles. The Kier molecular flexibility index (Phi) is 69.3. The summed E-state index contributed by atoms with van der Waals surface area (Å²) in [5.74, 6) is -0.522. The van der Waals surface area contributed by atoms with Gasteiger partial charge in [0.05, 0.1) is 26.4 Å². The van der Waals surface area contributed by atoms with Gasteiger partial charge >= 0.3 is 39.5 Å². The van der Waals surface area contributed by atoms with Crippen molar-refractivity contribution in [2.45, 2.75) is 432 Å². The molecule has 0 rings (SSSR count). The SMILES string of the molecule is CCCCCCCCCCCCCCCCC(=O)OC[C@H](COP(=O)(O)OC[C@@H](O)COP(=O)(O)OC[C@@H](COC(=O)CCCCCCCCCCC(C)CC)OC(=O)CCCCCCCCCCCCCCC)OC(=O)CCCCCCCCCCCCCCCCCCC(C)C. The number of aliphatic hydroxyl groups is 1. The fourth-order valence-corrected chi connectivity index (χ4v) is 13.7. The third-order valence-electron chi connectivity index (χ3n) is 18.8. The highest BCUT2D eigenvalue weighted by atomic mass is 31.2. The number of carbonyl (C=O) groups is 4. The van der Waals surface area contributed by atoms with E-state index in [9.17, 15) is 43.2 Å². The molecule has 0 aromatic heterocycles. The second-order valence-electron chi connectivity index (χ2n) is 29.2. The summed E-state index contributed by atoms with van der Waals surface area (Å²) in [6, 6.07) is 0. The monoisotopic (exact) mass is 1440 g/mol. The van der Waals surface area contributed by atoms with Gasteiger partial charge < -0.3 is 33.8 Å². The summed E-state index contributed by atoms with van der Waals surface area (Å²) >= 11 is 0. The van der Waals surface area contributed by atoms with Crippen LogP contribution in [-0.4, -0.2) is 96.7 Å². The molecule has 0 bridgehead atoms. The zero-order valence-corrected chi connectivity index (χ0v) is 65.9. The molecule has 3 unspecified atom stereocenters. The molecule has 582 valence electrons. The number of unbranched alkanes of at least 4 members (excludes halogenated alkanes) is 47. The van der Waals surface area contributed by atoms with E-state index in [1.807, 2.05) is 0 Å². The van der Waals surface area contributed by atoms with Crippen LogP contribution in [0, 0.1) is 11.8 Å². The number of ether oxygens (including phenoxy) is 4. The Morgan fingerprint density at radius 3 is 0.776 bits per heavy atom. The van der Waals surface area contributed by atoms with Gasteiger partial charge in [-0.05, 0) is 37.5 Å². The van der Waals surface area contributed by atoms with Crippen LogP contribution < -0.4 is 0 Å². The zero-order valence-electron chi connectivity index (χ0n) is 64.1. The predicted molar refractivity (Wildman–Crippen MR) is 400 cm³/mol. The fraction of sp³-hybridized carbons (Fsp3) is 0.949. The van der Waals surface area contributed by atoms with Gasteiger partial charge in [0.2, 0.25) is 0 Å². The predicted octanol–water partition coefficient (Wildman–Crippen LogP) is 23.5. The molecule has 0 aromatic carbocycles. The number of phosphoric ester groups is 2.